The van der Waals surface area contributed by atoms with Crippen LogP contribution in [-0.4, -0.2) is 34.1 Å². The van der Waals surface area contributed by atoms with Crippen LogP contribution in [0.5, 0.6) is 0 Å². The summed E-state index contributed by atoms with van der Waals surface area (Å²) in [5, 5.41) is 4.26. The zero-order valence-electron chi connectivity index (χ0n) is 12.0. The van der Waals surface area contributed by atoms with Crippen molar-refractivity contribution in [3.63, 3.8) is 0 Å². The molecule has 0 bridgehead atoms. The van der Waals surface area contributed by atoms with E-state index in [0.717, 1.165) is 0 Å². The number of hydrogen-bond donors (Lipinski definition) is 0. The number of ether oxygens (including phenoxy) is 1. The Hall–Kier alpha value is -1.07. The zero-order chi connectivity index (χ0) is 14.4. The molecule has 0 atom stereocenters. The number of rotatable bonds is 1. The lowest BCUT2D eigenvalue weighted by Crippen LogP contribution is -2.57. The second-order valence-electron chi connectivity index (χ2n) is 6.25. The van der Waals surface area contributed by atoms with E-state index in [1.165, 1.54) is 4.68 Å². The molecule has 1 aromatic heterocycles. The van der Waals surface area contributed by atoms with Crippen molar-refractivity contribution < 1.29 is 4.74 Å². The van der Waals surface area contributed by atoms with Crippen LogP contribution in [0, 0.1) is 0 Å². The Labute approximate surface area is 118 Å². The molecule has 2 rings (SSSR count). The van der Waals surface area contributed by atoms with Crippen molar-refractivity contribution in [2.45, 2.75) is 38.9 Å². The van der Waals surface area contributed by atoms with Gasteiger partial charge in [-0.1, -0.05) is 11.6 Å². The van der Waals surface area contributed by atoms with Gasteiger partial charge in [0.05, 0.1) is 23.1 Å². The van der Waals surface area contributed by atoms with E-state index >= 15 is 0 Å². The van der Waals surface area contributed by atoms with Gasteiger partial charge in [-0.2, -0.15) is 5.10 Å². The van der Waals surface area contributed by atoms with Gasteiger partial charge < -0.3 is 9.64 Å². The van der Waals surface area contributed by atoms with Crippen molar-refractivity contribution in [3.8, 4) is 0 Å². The van der Waals surface area contributed by atoms with Gasteiger partial charge in [-0.05, 0) is 27.7 Å². The molecule has 1 fully saturated rings. The van der Waals surface area contributed by atoms with Gasteiger partial charge >= 0.3 is 0 Å². The smallest absolute Gasteiger partial charge is 0.287 e. The number of aromatic nitrogens is 2. The van der Waals surface area contributed by atoms with E-state index in [1.54, 1.807) is 13.2 Å². The lowest BCUT2D eigenvalue weighted by Gasteiger charge is -2.48. The van der Waals surface area contributed by atoms with Gasteiger partial charge in [0.2, 0.25) is 0 Å². The number of hydrogen-bond acceptors (Lipinski definition) is 4. The molecule has 2 heterocycles. The fourth-order valence-electron chi connectivity index (χ4n) is 2.68. The monoisotopic (exact) mass is 285 g/mol. The third-order valence-electron chi connectivity index (χ3n) is 3.10. The van der Waals surface area contributed by atoms with E-state index in [2.05, 4.69) is 10.00 Å². The molecule has 1 aliphatic heterocycles. The van der Waals surface area contributed by atoms with Crippen LogP contribution >= 0.6 is 11.6 Å². The maximum atomic E-state index is 11.9. The first-order valence-corrected chi connectivity index (χ1v) is 6.66. The zero-order valence-corrected chi connectivity index (χ0v) is 12.8. The molecule has 19 heavy (non-hydrogen) atoms. The minimum atomic E-state index is -0.299. The van der Waals surface area contributed by atoms with Crippen molar-refractivity contribution in [3.05, 3.63) is 21.6 Å². The summed E-state index contributed by atoms with van der Waals surface area (Å²) in [5.41, 5.74) is -0.200. The van der Waals surface area contributed by atoms with Crippen molar-refractivity contribution in [1.29, 1.82) is 0 Å². The second kappa shape index (κ2) is 4.49. The van der Waals surface area contributed by atoms with Crippen LogP contribution in [0.3, 0.4) is 0 Å². The standard InChI is InChI=1S/C13H20ClN3O2/c1-12(2)7-17(8-13(3,4)19-12)9-6-15-16(5)11(18)10(9)14/h6H,7-8H2,1-5H3. The molecule has 0 amide bonds. The fraction of sp³-hybridized carbons (Fsp3) is 0.692. The second-order valence-corrected chi connectivity index (χ2v) is 6.63. The fourth-order valence-corrected chi connectivity index (χ4v) is 2.97. The predicted octanol–water partition coefficient (Wildman–Crippen LogP) is 1.83. The molecular weight excluding hydrogens is 266 g/mol. The highest BCUT2D eigenvalue weighted by atomic mass is 35.5. The molecule has 1 saturated heterocycles. The van der Waals surface area contributed by atoms with Crippen LogP contribution < -0.4 is 10.5 Å². The van der Waals surface area contributed by atoms with Crippen LogP contribution in [-0.2, 0) is 11.8 Å². The van der Waals surface area contributed by atoms with E-state index in [1.807, 2.05) is 27.7 Å². The van der Waals surface area contributed by atoms with Crippen LogP contribution in [0.15, 0.2) is 11.0 Å². The average molecular weight is 286 g/mol. The Morgan fingerprint density at radius 2 is 1.79 bits per heavy atom. The first-order chi connectivity index (χ1) is 8.61. The molecule has 0 aliphatic carbocycles. The number of nitrogens with zero attached hydrogens (tertiary/aromatic N) is 3. The topological polar surface area (TPSA) is 47.4 Å². The first-order valence-electron chi connectivity index (χ1n) is 6.28. The summed E-state index contributed by atoms with van der Waals surface area (Å²) in [5.74, 6) is 0. The van der Waals surface area contributed by atoms with Gasteiger partial charge in [0.25, 0.3) is 5.56 Å². The van der Waals surface area contributed by atoms with Gasteiger partial charge in [0.1, 0.15) is 5.02 Å². The molecule has 0 aromatic carbocycles. The molecule has 106 valence electrons. The van der Waals surface area contributed by atoms with Crippen molar-refractivity contribution in [2.24, 2.45) is 7.05 Å². The van der Waals surface area contributed by atoms with E-state index in [4.69, 9.17) is 16.3 Å². The van der Waals surface area contributed by atoms with Gasteiger partial charge in [-0.3, -0.25) is 4.79 Å². The summed E-state index contributed by atoms with van der Waals surface area (Å²) in [6.45, 7) is 9.47. The van der Waals surface area contributed by atoms with Crippen LogP contribution in [0.25, 0.3) is 0 Å². The third-order valence-corrected chi connectivity index (χ3v) is 3.45. The summed E-state index contributed by atoms with van der Waals surface area (Å²) in [7, 11) is 1.59. The predicted molar refractivity (Wildman–Crippen MR) is 75.9 cm³/mol. The highest BCUT2D eigenvalue weighted by molar-refractivity contribution is 6.33. The highest BCUT2D eigenvalue weighted by Gasteiger charge is 2.39. The summed E-state index contributed by atoms with van der Waals surface area (Å²) in [6, 6.07) is 0. The number of anilines is 1. The molecule has 0 saturated carbocycles. The molecule has 6 heteroatoms. The van der Waals surface area contributed by atoms with Crippen molar-refractivity contribution in [1.82, 2.24) is 9.78 Å². The van der Waals surface area contributed by atoms with E-state index in [-0.39, 0.29) is 21.8 Å². The minimum absolute atomic E-state index is 0.214. The molecule has 0 N–H and O–H groups in total. The Morgan fingerprint density at radius 3 is 2.32 bits per heavy atom. The van der Waals surface area contributed by atoms with E-state index in [9.17, 15) is 4.79 Å². The number of halogens is 1. The molecule has 5 nitrogen and oxygen atoms in total. The van der Waals surface area contributed by atoms with Crippen LogP contribution in [0.4, 0.5) is 5.69 Å². The normalized spacial score (nSPS) is 21.5. The summed E-state index contributed by atoms with van der Waals surface area (Å²) >= 11 is 6.16. The average Bonchev–Trinajstić information content (AvgIpc) is 2.21. The van der Waals surface area contributed by atoms with E-state index in [0.29, 0.717) is 18.8 Å². The van der Waals surface area contributed by atoms with Gasteiger partial charge in [-0.15, -0.1) is 0 Å². The highest BCUT2D eigenvalue weighted by Crippen LogP contribution is 2.33. The first kappa shape index (κ1) is 14.3. The van der Waals surface area contributed by atoms with Gasteiger partial charge in [-0.25, -0.2) is 4.68 Å². The van der Waals surface area contributed by atoms with Gasteiger partial charge in [0.15, 0.2) is 0 Å². The lowest BCUT2D eigenvalue weighted by molar-refractivity contribution is -0.133. The molecule has 1 aliphatic rings. The SMILES string of the molecule is Cn1ncc(N2CC(C)(C)OC(C)(C)C2)c(Cl)c1=O. The Bertz CT molecular complexity index is 535. The Kier molecular flexibility index (Phi) is 3.39. The maximum Gasteiger partial charge on any atom is 0.287 e. The number of aryl methyl sites for hydroxylation is 1. The quantitative estimate of drug-likeness (QED) is 0.790. The largest absolute Gasteiger partial charge is 0.366 e. The third kappa shape index (κ3) is 2.92. The van der Waals surface area contributed by atoms with Crippen molar-refractivity contribution >= 4 is 17.3 Å². The van der Waals surface area contributed by atoms with Crippen LogP contribution in [0.1, 0.15) is 27.7 Å². The van der Waals surface area contributed by atoms with E-state index < -0.39 is 0 Å². The molecule has 0 unspecified atom stereocenters. The molecule has 0 radical (unpaired) electrons. The summed E-state index contributed by atoms with van der Waals surface area (Å²) < 4.78 is 7.26. The summed E-state index contributed by atoms with van der Waals surface area (Å²) in [4.78, 5) is 13.9. The minimum Gasteiger partial charge on any atom is -0.366 e. The van der Waals surface area contributed by atoms with Gasteiger partial charge in [0, 0.05) is 20.1 Å². The molecule has 0 spiro atoms. The summed E-state index contributed by atoms with van der Waals surface area (Å²) in [6.07, 6.45) is 1.64. The molecular formula is C13H20ClN3O2. The van der Waals surface area contributed by atoms with Crippen molar-refractivity contribution in [2.75, 3.05) is 18.0 Å². The maximum absolute atomic E-state index is 11.9. The Balaban J connectivity index is 2.42. The molecule has 1 aromatic rings. The Morgan fingerprint density at radius 1 is 1.26 bits per heavy atom. The number of morpholine rings is 1. The van der Waals surface area contributed by atoms with Crippen LogP contribution in [0.2, 0.25) is 5.02 Å². The lowest BCUT2D eigenvalue weighted by atomic mass is 9.98.